The van der Waals surface area contributed by atoms with Crippen molar-refractivity contribution in [3.63, 3.8) is 0 Å². The molecule has 0 radical (unpaired) electrons. The molecule has 0 unspecified atom stereocenters. The van der Waals surface area contributed by atoms with Gasteiger partial charge in [-0.05, 0) is 37.6 Å². The predicted molar refractivity (Wildman–Crippen MR) is 77.9 cm³/mol. The first-order valence-corrected chi connectivity index (χ1v) is 6.78. The number of benzene rings is 1. The number of anilines is 1. The highest BCUT2D eigenvalue weighted by molar-refractivity contribution is 7.16. The molecule has 3 aromatic rings. The van der Waals surface area contributed by atoms with Crippen molar-refractivity contribution in [1.82, 2.24) is 9.55 Å². The van der Waals surface area contributed by atoms with Crippen molar-refractivity contribution in [3.8, 4) is 11.4 Å². The highest BCUT2D eigenvalue weighted by atomic mass is 32.1. The van der Waals surface area contributed by atoms with E-state index in [-0.39, 0.29) is 5.82 Å². The van der Waals surface area contributed by atoms with Gasteiger partial charge in [-0.15, -0.1) is 11.3 Å². The Balaban J connectivity index is 2.34. The maximum Gasteiger partial charge on any atom is 0.144 e. The van der Waals surface area contributed by atoms with Gasteiger partial charge in [0.1, 0.15) is 11.6 Å². The highest BCUT2D eigenvalue weighted by Gasteiger charge is 2.18. The van der Waals surface area contributed by atoms with Crippen molar-refractivity contribution in [2.24, 2.45) is 7.05 Å². The molecule has 0 amide bonds. The molecule has 2 N–H and O–H groups in total. The zero-order valence-corrected chi connectivity index (χ0v) is 11.8. The van der Waals surface area contributed by atoms with Gasteiger partial charge in [0, 0.05) is 11.9 Å². The molecule has 0 saturated heterocycles. The summed E-state index contributed by atoms with van der Waals surface area (Å²) in [6.45, 7) is 4.08. The number of hydrogen-bond acceptors (Lipinski definition) is 3. The second-order valence-electron chi connectivity index (χ2n) is 4.65. The van der Waals surface area contributed by atoms with Crippen LogP contribution in [0.25, 0.3) is 22.4 Å². The van der Waals surface area contributed by atoms with Gasteiger partial charge in [0.25, 0.3) is 0 Å². The molecule has 0 bridgehead atoms. The Morgan fingerprint density at radius 1 is 1.32 bits per heavy atom. The smallest absolute Gasteiger partial charge is 0.144 e. The first-order valence-electron chi connectivity index (χ1n) is 5.97. The van der Waals surface area contributed by atoms with E-state index in [2.05, 4.69) is 4.98 Å². The zero-order valence-electron chi connectivity index (χ0n) is 11.0. The van der Waals surface area contributed by atoms with Crippen molar-refractivity contribution >= 4 is 27.4 Å². The summed E-state index contributed by atoms with van der Waals surface area (Å²) < 4.78 is 15.2. The number of hydrogen-bond donors (Lipinski definition) is 1. The minimum Gasteiger partial charge on any atom is -0.390 e. The van der Waals surface area contributed by atoms with Crippen LogP contribution in [0.4, 0.5) is 9.39 Å². The second kappa shape index (κ2) is 4.06. The number of rotatable bonds is 1. The predicted octanol–water partition coefficient (Wildman–Crippen LogP) is 3.64. The van der Waals surface area contributed by atoms with Crippen molar-refractivity contribution < 1.29 is 4.39 Å². The summed E-state index contributed by atoms with van der Waals surface area (Å²) in [5.41, 5.74) is 9.74. The third-order valence-electron chi connectivity index (χ3n) is 3.48. The largest absolute Gasteiger partial charge is 0.390 e. The fourth-order valence-corrected chi connectivity index (χ4v) is 3.25. The Hall–Kier alpha value is -1.88. The summed E-state index contributed by atoms with van der Waals surface area (Å²) in [6, 6.07) is 4.61. The molecule has 19 heavy (non-hydrogen) atoms. The molecule has 0 saturated carbocycles. The average Bonchev–Trinajstić information content (AvgIpc) is 2.79. The lowest BCUT2D eigenvalue weighted by Gasteiger charge is -2.03. The van der Waals surface area contributed by atoms with Crippen LogP contribution in [0.1, 0.15) is 10.4 Å². The second-order valence-corrected chi connectivity index (χ2v) is 5.91. The van der Waals surface area contributed by atoms with Crippen LogP contribution < -0.4 is 5.73 Å². The van der Waals surface area contributed by atoms with Gasteiger partial charge < -0.3 is 10.3 Å². The number of imidazole rings is 1. The fraction of sp³-hybridized carbons (Fsp3) is 0.214. The molecule has 98 valence electrons. The van der Waals surface area contributed by atoms with Crippen molar-refractivity contribution in [3.05, 3.63) is 34.5 Å². The van der Waals surface area contributed by atoms with Crippen molar-refractivity contribution in [2.75, 3.05) is 5.73 Å². The van der Waals surface area contributed by atoms with Crippen LogP contribution in [0.2, 0.25) is 0 Å². The van der Waals surface area contributed by atoms with E-state index < -0.39 is 0 Å². The van der Waals surface area contributed by atoms with Crippen LogP contribution in [-0.2, 0) is 7.05 Å². The normalized spacial score (nSPS) is 11.4. The molecule has 3 rings (SSSR count). The molecule has 0 aliphatic carbocycles. The first-order chi connectivity index (χ1) is 8.99. The lowest BCUT2D eigenvalue weighted by molar-refractivity contribution is 0.629. The molecular formula is C14H14FN3S. The van der Waals surface area contributed by atoms with Gasteiger partial charge in [-0.1, -0.05) is 0 Å². The topological polar surface area (TPSA) is 43.8 Å². The summed E-state index contributed by atoms with van der Waals surface area (Å²) in [5, 5.41) is 0.758. The Kier molecular flexibility index (Phi) is 2.60. The molecule has 1 aromatic carbocycles. The lowest BCUT2D eigenvalue weighted by atomic mass is 10.1. The van der Waals surface area contributed by atoms with Gasteiger partial charge in [0.15, 0.2) is 0 Å². The van der Waals surface area contributed by atoms with Crippen LogP contribution in [0, 0.1) is 19.7 Å². The molecule has 2 aromatic heterocycles. The van der Waals surface area contributed by atoms with Gasteiger partial charge in [-0.3, -0.25) is 0 Å². The number of nitrogens with zero attached hydrogens (tertiary/aromatic N) is 2. The van der Waals surface area contributed by atoms with Crippen LogP contribution in [0.3, 0.4) is 0 Å². The number of thiophene rings is 1. The van der Waals surface area contributed by atoms with E-state index in [4.69, 9.17) is 5.73 Å². The van der Waals surface area contributed by atoms with Crippen molar-refractivity contribution in [1.29, 1.82) is 0 Å². The zero-order chi connectivity index (χ0) is 13.7. The number of fused-ring (bicyclic) bond motifs is 1. The minimum atomic E-state index is -0.256. The van der Waals surface area contributed by atoms with E-state index in [1.165, 1.54) is 17.0 Å². The molecule has 0 atom stereocenters. The van der Waals surface area contributed by atoms with E-state index >= 15 is 0 Å². The van der Waals surface area contributed by atoms with E-state index in [9.17, 15) is 4.39 Å². The van der Waals surface area contributed by atoms with Crippen LogP contribution in [0.15, 0.2) is 18.2 Å². The Bertz CT molecular complexity index is 786. The molecule has 0 fully saturated rings. The molecule has 0 spiro atoms. The number of nitrogens with two attached hydrogens (primary N) is 1. The standard InChI is InChI=1S/C14H14FN3S/c1-7-8(2)19-13(16)12(7)14-17-10-5-4-9(15)6-11(10)18(14)3/h4-6H,16H2,1-3H3. The maximum atomic E-state index is 13.3. The van der Waals surface area contributed by atoms with Gasteiger partial charge in [-0.25, -0.2) is 9.37 Å². The van der Waals surface area contributed by atoms with Gasteiger partial charge in [0.2, 0.25) is 0 Å². The maximum absolute atomic E-state index is 13.3. The minimum absolute atomic E-state index is 0.256. The molecule has 3 nitrogen and oxygen atoms in total. The van der Waals surface area contributed by atoms with E-state index in [1.807, 2.05) is 25.5 Å². The van der Waals surface area contributed by atoms with E-state index in [0.717, 1.165) is 33.0 Å². The Labute approximate surface area is 114 Å². The molecule has 2 heterocycles. The lowest BCUT2D eigenvalue weighted by Crippen LogP contribution is -1.95. The van der Waals surface area contributed by atoms with E-state index in [0.29, 0.717) is 0 Å². The summed E-state index contributed by atoms with van der Waals surface area (Å²) in [7, 11) is 1.88. The first kappa shape index (κ1) is 12.2. The summed E-state index contributed by atoms with van der Waals surface area (Å²) in [6.07, 6.45) is 0. The van der Waals surface area contributed by atoms with Gasteiger partial charge in [0.05, 0.1) is 21.6 Å². The monoisotopic (exact) mass is 275 g/mol. The van der Waals surface area contributed by atoms with Crippen molar-refractivity contribution in [2.45, 2.75) is 13.8 Å². The molecule has 5 heteroatoms. The number of nitrogen functional groups attached to an aromatic ring is 1. The number of aromatic nitrogens is 2. The van der Waals surface area contributed by atoms with Gasteiger partial charge in [-0.2, -0.15) is 0 Å². The third kappa shape index (κ3) is 1.73. The van der Waals surface area contributed by atoms with E-state index in [1.54, 1.807) is 17.4 Å². The molecular weight excluding hydrogens is 261 g/mol. The highest BCUT2D eigenvalue weighted by Crippen LogP contribution is 2.38. The average molecular weight is 275 g/mol. The molecule has 0 aliphatic rings. The van der Waals surface area contributed by atoms with Gasteiger partial charge >= 0.3 is 0 Å². The Morgan fingerprint density at radius 3 is 2.68 bits per heavy atom. The SMILES string of the molecule is Cc1sc(N)c(-c2nc3ccc(F)cc3n2C)c1C. The third-order valence-corrected chi connectivity index (χ3v) is 4.52. The number of aryl methyl sites for hydroxylation is 2. The van der Waals surface area contributed by atoms with Crippen LogP contribution in [0.5, 0.6) is 0 Å². The summed E-state index contributed by atoms with van der Waals surface area (Å²) in [4.78, 5) is 5.77. The van der Waals surface area contributed by atoms with Crippen LogP contribution >= 0.6 is 11.3 Å². The summed E-state index contributed by atoms with van der Waals surface area (Å²) in [5.74, 6) is 0.535. The summed E-state index contributed by atoms with van der Waals surface area (Å²) >= 11 is 1.56. The molecule has 0 aliphatic heterocycles. The number of halogens is 1. The Morgan fingerprint density at radius 2 is 2.05 bits per heavy atom. The quantitative estimate of drug-likeness (QED) is 0.737. The fourth-order valence-electron chi connectivity index (χ4n) is 2.32. The van der Waals surface area contributed by atoms with Crippen LogP contribution in [-0.4, -0.2) is 9.55 Å².